The molecule has 0 amide bonds. The maximum absolute atomic E-state index is 10.2. The van der Waals surface area contributed by atoms with Crippen molar-refractivity contribution in [3.8, 4) is 12.1 Å². The highest BCUT2D eigenvalue weighted by molar-refractivity contribution is 5.65. The number of azo groups is 1. The summed E-state index contributed by atoms with van der Waals surface area (Å²) in [6.45, 7) is 3.92. The SMILES string of the molecule is CCC(C#N)(N=NC(C#N)(CC)C1C=Cc2ccccc21)C1C=Cc2ccccc21. The van der Waals surface area contributed by atoms with Gasteiger partial charge >= 0.3 is 0 Å². The zero-order valence-electron chi connectivity index (χ0n) is 17.3. The molecular formula is C26H24N4. The second-order valence-corrected chi connectivity index (χ2v) is 7.91. The van der Waals surface area contributed by atoms with Crippen LogP contribution in [0.4, 0.5) is 0 Å². The Hall–Kier alpha value is -3.50. The number of nitrogens with zero attached hydrogens (tertiary/aromatic N) is 4. The van der Waals surface area contributed by atoms with Crippen LogP contribution in [0.5, 0.6) is 0 Å². The third-order valence-corrected chi connectivity index (χ3v) is 6.50. The predicted octanol–water partition coefficient (Wildman–Crippen LogP) is 6.40. The van der Waals surface area contributed by atoms with Gasteiger partial charge in [-0.05, 0) is 35.1 Å². The molecule has 4 unspecified atom stereocenters. The molecule has 4 rings (SSSR count). The van der Waals surface area contributed by atoms with E-state index in [-0.39, 0.29) is 11.8 Å². The molecule has 4 nitrogen and oxygen atoms in total. The maximum atomic E-state index is 10.2. The lowest BCUT2D eigenvalue weighted by atomic mass is 9.79. The van der Waals surface area contributed by atoms with Crippen LogP contribution in [-0.2, 0) is 0 Å². The average Bonchev–Trinajstić information content (AvgIpc) is 3.43. The molecule has 0 heterocycles. The number of fused-ring (bicyclic) bond motifs is 2. The third-order valence-electron chi connectivity index (χ3n) is 6.50. The van der Waals surface area contributed by atoms with Crippen molar-refractivity contribution in [3.63, 3.8) is 0 Å². The van der Waals surface area contributed by atoms with Gasteiger partial charge in [-0.1, -0.05) is 86.7 Å². The topological polar surface area (TPSA) is 72.3 Å². The molecule has 0 N–H and O–H groups in total. The van der Waals surface area contributed by atoms with Crippen LogP contribution in [0.3, 0.4) is 0 Å². The number of nitriles is 2. The van der Waals surface area contributed by atoms with Gasteiger partial charge < -0.3 is 0 Å². The van der Waals surface area contributed by atoms with Crippen LogP contribution in [0.1, 0.15) is 60.8 Å². The van der Waals surface area contributed by atoms with E-state index in [2.05, 4.69) is 22.4 Å². The summed E-state index contributed by atoms with van der Waals surface area (Å²) in [6.07, 6.45) is 9.20. The Morgan fingerprint density at radius 2 is 1.13 bits per heavy atom. The Kier molecular flexibility index (Phi) is 5.10. The molecule has 2 aliphatic rings. The first-order valence-electron chi connectivity index (χ1n) is 10.4. The van der Waals surface area contributed by atoms with Crippen molar-refractivity contribution in [2.45, 2.75) is 49.6 Å². The number of hydrogen-bond donors (Lipinski definition) is 0. The Morgan fingerprint density at radius 3 is 1.50 bits per heavy atom. The highest BCUT2D eigenvalue weighted by atomic mass is 15.2. The van der Waals surface area contributed by atoms with Gasteiger partial charge in [0, 0.05) is 11.8 Å². The molecule has 0 fully saturated rings. The second kappa shape index (κ2) is 7.73. The number of benzene rings is 2. The molecule has 2 aromatic rings. The van der Waals surface area contributed by atoms with E-state index in [1.165, 1.54) is 0 Å². The van der Waals surface area contributed by atoms with Crippen molar-refractivity contribution < 1.29 is 0 Å². The van der Waals surface area contributed by atoms with Gasteiger partial charge in [-0.15, -0.1) is 0 Å². The van der Waals surface area contributed by atoms with Crippen molar-refractivity contribution in [2.75, 3.05) is 0 Å². The Balaban J connectivity index is 1.75. The van der Waals surface area contributed by atoms with E-state index in [0.717, 1.165) is 22.3 Å². The predicted molar refractivity (Wildman–Crippen MR) is 119 cm³/mol. The van der Waals surface area contributed by atoms with Crippen molar-refractivity contribution >= 4 is 12.2 Å². The molecule has 2 aliphatic carbocycles. The molecule has 0 saturated heterocycles. The molecule has 4 heteroatoms. The summed E-state index contributed by atoms with van der Waals surface area (Å²) in [6, 6.07) is 21.0. The van der Waals surface area contributed by atoms with Crippen LogP contribution in [0, 0.1) is 22.7 Å². The summed E-state index contributed by atoms with van der Waals surface area (Å²) in [4.78, 5) is 0. The molecule has 0 spiro atoms. The highest BCUT2D eigenvalue weighted by Crippen LogP contribution is 2.45. The maximum Gasteiger partial charge on any atom is 0.177 e. The summed E-state index contributed by atoms with van der Waals surface area (Å²) in [5, 5.41) is 29.7. The lowest BCUT2D eigenvalue weighted by Crippen LogP contribution is -2.34. The van der Waals surface area contributed by atoms with Crippen molar-refractivity contribution in [1.82, 2.24) is 0 Å². The van der Waals surface area contributed by atoms with Crippen LogP contribution in [0.15, 0.2) is 70.9 Å². The van der Waals surface area contributed by atoms with Crippen LogP contribution in [-0.4, -0.2) is 11.1 Å². The molecule has 0 bridgehead atoms. The Bertz CT molecular complexity index is 1040. The van der Waals surface area contributed by atoms with Gasteiger partial charge in [-0.2, -0.15) is 20.8 Å². The minimum absolute atomic E-state index is 0.174. The summed E-state index contributed by atoms with van der Waals surface area (Å²) < 4.78 is 0. The second-order valence-electron chi connectivity index (χ2n) is 7.91. The molecule has 0 saturated carbocycles. The van der Waals surface area contributed by atoms with E-state index >= 15 is 0 Å². The summed E-state index contributed by atoms with van der Waals surface area (Å²) in [7, 11) is 0. The first kappa shape index (κ1) is 19.8. The van der Waals surface area contributed by atoms with Gasteiger partial charge in [0.15, 0.2) is 11.1 Å². The van der Waals surface area contributed by atoms with E-state index in [1.54, 1.807) is 0 Å². The lowest BCUT2D eigenvalue weighted by molar-refractivity contribution is 0.391. The van der Waals surface area contributed by atoms with Gasteiger partial charge in [0.25, 0.3) is 0 Å². The Labute approximate surface area is 177 Å². The summed E-state index contributed by atoms with van der Waals surface area (Å²) in [5.41, 5.74) is 2.32. The molecule has 0 radical (unpaired) electrons. The van der Waals surface area contributed by atoms with E-state index in [0.29, 0.717) is 12.8 Å². The van der Waals surface area contributed by atoms with Crippen LogP contribution in [0.2, 0.25) is 0 Å². The molecule has 4 atom stereocenters. The van der Waals surface area contributed by atoms with Crippen LogP contribution >= 0.6 is 0 Å². The fourth-order valence-corrected chi connectivity index (χ4v) is 4.56. The minimum atomic E-state index is -1.04. The van der Waals surface area contributed by atoms with E-state index in [1.807, 2.05) is 86.7 Å². The number of hydrogen-bond acceptors (Lipinski definition) is 4. The normalized spacial score (nSPS) is 22.7. The quantitative estimate of drug-likeness (QED) is 0.533. The van der Waals surface area contributed by atoms with E-state index < -0.39 is 11.1 Å². The van der Waals surface area contributed by atoms with Gasteiger partial charge in [0.05, 0.1) is 12.1 Å². The Morgan fingerprint density at radius 1 is 0.733 bits per heavy atom. The fraction of sp³-hybridized carbons (Fsp3) is 0.308. The average molecular weight is 393 g/mol. The van der Waals surface area contributed by atoms with Gasteiger partial charge in [-0.25, -0.2) is 0 Å². The summed E-state index contributed by atoms with van der Waals surface area (Å²) in [5.74, 6) is -0.348. The molecule has 148 valence electrons. The molecule has 0 aliphatic heterocycles. The van der Waals surface area contributed by atoms with E-state index in [4.69, 9.17) is 0 Å². The molecule has 2 aromatic carbocycles. The first-order chi connectivity index (χ1) is 14.6. The monoisotopic (exact) mass is 392 g/mol. The van der Waals surface area contributed by atoms with Crippen LogP contribution in [0.25, 0.3) is 12.2 Å². The zero-order valence-corrected chi connectivity index (χ0v) is 17.3. The molecule has 30 heavy (non-hydrogen) atoms. The minimum Gasteiger partial charge on any atom is -0.196 e. The van der Waals surface area contributed by atoms with Crippen molar-refractivity contribution in [3.05, 3.63) is 82.9 Å². The van der Waals surface area contributed by atoms with Crippen molar-refractivity contribution in [1.29, 1.82) is 10.5 Å². The first-order valence-corrected chi connectivity index (χ1v) is 10.4. The summed E-state index contributed by atoms with van der Waals surface area (Å²) >= 11 is 0. The van der Waals surface area contributed by atoms with Gasteiger partial charge in [0.2, 0.25) is 0 Å². The highest BCUT2D eigenvalue weighted by Gasteiger charge is 2.44. The third kappa shape index (κ3) is 2.97. The number of rotatable bonds is 6. The van der Waals surface area contributed by atoms with Gasteiger partial charge in [0.1, 0.15) is 0 Å². The largest absolute Gasteiger partial charge is 0.196 e. The molecule has 0 aromatic heterocycles. The smallest absolute Gasteiger partial charge is 0.177 e. The molecular weight excluding hydrogens is 368 g/mol. The van der Waals surface area contributed by atoms with Crippen molar-refractivity contribution in [2.24, 2.45) is 10.2 Å². The fourth-order valence-electron chi connectivity index (χ4n) is 4.56. The standard InChI is InChI=1S/C26H24N4/c1-3-25(17-27,23-15-13-19-9-5-7-11-21(19)23)29-30-26(4-2,18-28)24-16-14-20-10-6-8-12-22(20)24/h5-16,23-24H,3-4H2,1-2H3. The lowest BCUT2D eigenvalue weighted by Gasteiger charge is -2.30. The van der Waals surface area contributed by atoms with Gasteiger partial charge in [-0.3, -0.25) is 0 Å². The van der Waals surface area contributed by atoms with Crippen LogP contribution < -0.4 is 0 Å². The zero-order chi connectivity index (χ0) is 21.2. The van der Waals surface area contributed by atoms with E-state index in [9.17, 15) is 10.5 Å².